The van der Waals surface area contributed by atoms with E-state index in [1.54, 1.807) is 0 Å². The van der Waals surface area contributed by atoms with Crippen molar-refractivity contribution in [3.63, 3.8) is 0 Å². The second kappa shape index (κ2) is 3.23. The molecule has 72 valence electrons. The summed E-state index contributed by atoms with van der Waals surface area (Å²) in [6.07, 6.45) is -4.32. The highest BCUT2D eigenvalue weighted by atomic mass is 19.1. The zero-order valence-corrected chi connectivity index (χ0v) is 6.22. The average Bonchev–Trinajstić information content (AvgIpc) is 2.31. The van der Waals surface area contributed by atoms with Crippen LogP contribution in [0, 0.1) is 0 Å². The zero-order valence-electron chi connectivity index (χ0n) is 6.22. The van der Waals surface area contributed by atoms with Gasteiger partial charge in [-0.3, -0.25) is 0 Å². The number of hydrogen-bond donors (Lipinski definition) is 4. The van der Waals surface area contributed by atoms with Crippen LogP contribution in [0.2, 0.25) is 0 Å². The fourth-order valence-corrected chi connectivity index (χ4v) is 1.13. The Kier molecular flexibility index (Phi) is 2.64. The van der Waals surface area contributed by atoms with Gasteiger partial charge in [-0.05, 0) is 0 Å². The Morgan fingerprint density at radius 2 is 2.00 bits per heavy atom. The molecule has 1 rings (SSSR count). The molecule has 4 atom stereocenters. The summed E-state index contributed by atoms with van der Waals surface area (Å²) in [5.74, 6) is -2.38. The summed E-state index contributed by atoms with van der Waals surface area (Å²) in [4.78, 5) is 0. The largest absolute Gasteiger partial charge is 0.394 e. The maximum Gasteiger partial charge on any atom is 0.224 e. The molecule has 0 aliphatic carbocycles. The Bertz CT molecular complexity index is 166. The predicted molar refractivity (Wildman–Crippen MR) is 34.9 cm³/mol. The maximum absolute atomic E-state index is 12.1. The monoisotopic (exact) mass is 182 g/mol. The van der Waals surface area contributed by atoms with Crippen molar-refractivity contribution in [1.82, 2.24) is 0 Å². The molecule has 0 bridgehead atoms. The fourth-order valence-electron chi connectivity index (χ4n) is 1.13. The predicted octanol–water partition coefficient (Wildman–Crippen LogP) is -2.24. The number of aliphatic hydroxyl groups excluding tert-OH is 3. The van der Waals surface area contributed by atoms with E-state index in [0.717, 1.165) is 0 Å². The number of aliphatic hydroxyl groups is 4. The SMILES string of the molecule is OC[C@H]1OC(O)(CF)[C@@H](O)[C@@H]1O. The van der Waals surface area contributed by atoms with Crippen molar-refractivity contribution in [2.24, 2.45) is 0 Å². The van der Waals surface area contributed by atoms with E-state index in [4.69, 9.17) is 20.4 Å². The van der Waals surface area contributed by atoms with Crippen LogP contribution in [0.5, 0.6) is 0 Å². The molecular weight excluding hydrogens is 171 g/mol. The number of alkyl halides is 1. The normalized spacial score (nSPS) is 48.2. The summed E-state index contributed by atoms with van der Waals surface area (Å²) in [5.41, 5.74) is 0. The van der Waals surface area contributed by atoms with Crippen LogP contribution in [0.4, 0.5) is 4.39 Å². The lowest BCUT2D eigenvalue weighted by Crippen LogP contribution is -2.44. The van der Waals surface area contributed by atoms with Crippen molar-refractivity contribution >= 4 is 0 Å². The minimum absolute atomic E-state index is 0.583. The summed E-state index contributed by atoms with van der Waals surface area (Å²) >= 11 is 0. The van der Waals surface area contributed by atoms with E-state index in [-0.39, 0.29) is 0 Å². The topological polar surface area (TPSA) is 90.2 Å². The quantitative estimate of drug-likeness (QED) is 0.387. The van der Waals surface area contributed by atoms with Crippen LogP contribution in [-0.2, 0) is 4.74 Å². The first-order chi connectivity index (χ1) is 5.55. The third-order valence-electron chi connectivity index (χ3n) is 1.89. The molecule has 0 saturated carbocycles. The lowest BCUT2D eigenvalue weighted by Gasteiger charge is -2.21. The van der Waals surface area contributed by atoms with Crippen LogP contribution in [0.25, 0.3) is 0 Å². The van der Waals surface area contributed by atoms with Gasteiger partial charge in [0, 0.05) is 0 Å². The molecule has 1 saturated heterocycles. The highest BCUT2D eigenvalue weighted by molar-refractivity contribution is 4.94. The van der Waals surface area contributed by atoms with Crippen molar-refractivity contribution in [2.75, 3.05) is 13.3 Å². The van der Waals surface area contributed by atoms with Gasteiger partial charge in [-0.1, -0.05) is 0 Å². The van der Waals surface area contributed by atoms with E-state index >= 15 is 0 Å². The molecule has 1 unspecified atom stereocenters. The van der Waals surface area contributed by atoms with Gasteiger partial charge >= 0.3 is 0 Å². The van der Waals surface area contributed by atoms with Crippen LogP contribution in [-0.4, -0.2) is 57.8 Å². The van der Waals surface area contributed by atoms with E-state index in [0.29, 0.717) is 0 Å². The van der Waals surface area contributed by atoms with E-state index in [9.17, 15) is 4.39 Å². The number of rotatable bonds is 2. The van der Waals surface area contributed by atoms with Crippen LogP contribution < -0.4 is 0 Å². The second-order valence-electron chi connectivity index (χ2n) is 2.75. The molecule has 0 amide bonds. The fraction of sp³-hybridized carbons (Fsp3) is 1.00. The van der Waals surface area contributed by atoms with Gasteiger partial charge in [-0.25, -0.2) is 4.39 Å². The summed E-state index contributed by atoms with van der Waals surface area (Å²) in [6.45, 7) is -1.91. The second-order valence-corrected chi connectivity index (χ2v) is 2.75. The number of halogens is 1. The molecule has 6 heteroatoms. The number of hydrogen-bond acceptors (Lipinski definition) is 5. The van der Waals surface area contributed by atoms with Gasteiger partial charge in [-0.15, -0.1) is 0 Å². The van der Waals surface area contributed by atoms with Crippen molar-refractivity contribution in [1.29, 1.82) is 0 Å². The van der Waals surface area contributed by atoms with E-state index in [1.807, 2.05) is 0 Å². The summed E-state index contributed by atoms with van der Waals surface area (Å²) in [6, 6.07) is 0. The minimum atomic E-state index is -2.38. The van der Waals surface area contributed by atoms with E-state index < -0.39 is 37.4 Å². The summed E-state index contributed by atoms with van der Waals surface area (Å²) in [7, 11) is 0. The Morgan fingerprint density at radius 3 is 2.25 bits per heavy atom. The third kappa shape index (κ3) is 1.32. The molecule has 1 aliphatic heterocycles. The Balaban J connectivity index is 2.72. The Morgan fingerprint density at radius 1 is 1.42 bits per heavy atom. The first-order valence-electron chi connectivity index (χ1n) is 3.48. The van der Waals surface area contributed by atoms with Crippen molar-refractivity contribution in [2.45, 2.75) is 24.1 Å². The first-order valence-corrected chi connectivity index (χ1v) is 3.48. The molecule has 0 spiro atoms. The molecule has 0 radical (unpaired) electrons. The van der Waals surface area contributed by atoms with Gasteiger partial charge in [-0.2, -0.15) is 0 Å². The standard InChI is InChI=1S/C6H11FO5/c7-2-6(11)5(10)4(9)3(1-8)12-6/h3-5,8-11H,1-2H2/t3-,4-,5+,6?/m1/s1. The molecule has 1 fully saturated rings. The highest BCUT2D eigenvalue weighted by Gasteiger charge is 2.53. The van der Waals surface area contributed by atoms with Gasteiger partial charge in [0.1, 0.15) is 25.0 Å². The smallest absolute Gasteiger partial charge is 0.224 e. The van der Waals surface area contributed by atoms with Gasteiger partial charge in [0.2, 0.25) is 5.79 Å². The van der Waals surface area contributed by atoms with Crippen LogP contribution in [0.3, 0.4) is 0 Å². The van der Waals surface area contributed by atoms with E-state index in [1.165, 1.54) is 0 Å². The molecule has 0 aromatic heterocycles. The molecule has 1 aliphatic rings. The van der Waals surface area contributed by atoms with Gasteiger partial charge < -0.3 is 25.2 Å². The van der Waals surface area contributed by atoms with Crippen LogP contribution >= 0.6 is 0 Å². The Labute approximate surface area is 68.0 Å². The van der Waals surface area contributed by atoms with Crippen molar-refractivity contribution in [3.8, 4) is 0 Å². The molecule has 5 nitrogen and oxygen atoms in total. The summed E-state index contributed by atoms with van der Waals surface area (Å²) < 4.78 is 16.6. The summed E-state index contributed by atoms with van der Waals surface area (Å²) in [5, 5.41) is 35.8. The molecule has 0 aromatic rings. The maximum atomic E-state index is 12.1. The Hall–Kier alpha value is -0.270. The minimum Gasteiger partial charge on any atom is -0.394 e. The van der Waals surface area contributed by atoms with Crippen molar-refractivity contribution in [3.05, 3.63) is 0 Å². The zero-order chi connectivity index (χ0) is 9.35. The van der Waals surface area contributed by atoms with Crippen LogP contribution in [0.1, 0.15) is 0 Å². The van der Waals surface area contributed by atoms with Crippen molar-refractivity contribution < 1.29 is 29.6 Å². The lowest BCUT2D eigenvalue weighted by atomic mass is 10.1. The highest BCUT2D eigenvalue weighted by Crippen LogP contribution is 2.29. The molecule has 12 heavy (non-hydrogen) atoms. The first kappa shape index (κ1) is 9.82. The van der Waals surface area contributed by atoms with Gasteiger partial charge in [0.25, 0.3) is 0 Å². The molecular formula is C6H11FO5. The van der Waals surface area contributed by atoms with Gasteiger partial charge in [0.05, 0.1) is 6.61 Å². The van der Waals surface area contributed by atoms with Gasteiger partial charge in [0.15, 0.2) is 0 Å². The average molecular weight is 182 g/mol. The molecule has 1 heterocycles. The lowest BCUT2D eigenvalue weighted by molar-refractivity contribution is -0.237. The number of ether oxygens (including phenoxy) is 1. The molecule has 0 aromatic carbocycles. The van der Waals surface area contributed by atoms with Crippen LogP contribution in [0.15, 0.2) is 0 Å². The third-order valence-corrected chi connectivity index (χ3v) is 1.89. The molecule has 4 N–H and O–H groups in total. The van der Waals surface area contributed by atoms with E-state index in [2.05, 4.69) is 4.74 Å².